The number of carbonyl (C=O) groups is 1. The summed E-state index contributed by atoms with van der Waals surface area (Å²) in [5.74, 6) is 0.340. The van der Waals surface area contributed by atoms with Crippen LogP contribution < -0.4 is 4.74 Å². The molecule has 0 radical (unpaired) electrons. The fourth-order valence-corrected chi connectivity index (χ4v) is 2.03. The normalized spacial score (nSPS) is 10.2. The van der Waals surface area contributed by atoms with E-state index in [1.807, 2.05) is 49.4 Å². The number of rotatable bonds is 6. The Balaban J connectivity index is 2.04. The van der Waals surface area contributed by atoms with Crippen molar-refractivity contribution in [1.82, 2.24) is 0 Å². The standard InChI is InChI=1S/C17H17BrO3/c1-13-7-8-15(20-10-9-18)11-16(13)17(19)21-12-14-5-3-2-4-6-14/h2-8,11H,9-10,12H2,1H3. The van der Waals surface area contributed by atoms with Gasteiger partial charge in [0, 0.05) is 5.33 Å². The van der Waals surface area contributed by atoms with Crippen molar-refractivity contribution in [3.05, 3.63) is 65.2 Å². The van der Waals surface area contributed by atoms with E-state index in [1.165, 1.54) is 0 Å². The molecule has 0 aromatic heterocycles. The number of ether oxygens (including phenoxy) is 2. The Morgan fingerprint density at radius 1 is 1.14 bits per heavy atom. The Morgan fingerprint density at radius 2 is 1.90 bits per heavy atom. The topological polar surface area (TPSA) is 35.5 Å². The van der Waals surface area contributed by atoms with Crippen LogP contribution in [0.3, 0.4) is 0 Å². The second-order valence-electron chi connectivity index (χ2n) is 4.58. The second-order valence-corrected chi connectivity index (χ2v) is 5.37. The second kappa shape index (κ2) is 7.84. The molecule has 3 nitrogen and oxygen atoms in total. The van der Waals surface area contributed by atoms with Crippen LogP contribution in [-0.4, -0.2) is 17.9 Å². The van der Waals surface area contributed by atoms with Crippen molar-refractivity contribution in [2.75, 3.05) is 11.9 Å². The van der Waals surface area contributed by atoms with Crippen LogP contribution in [-0.2, 0) is 11.3 Å². The summed E-state index contributed by atoms with van der Waals surface area (Å²) in [7, 11) is 0. The third-order valence-electron chi connectivity index (χ3n) is 2.99. The minimum atomic E-state index is -0.333. The number of aryl methyl sites for hydroxylation is 1. The molecule has 0 amide bonds. The highest BCUT2D eigenvalue weighted by molar-refractivity contribution is 9.09. The molecule has 21 heavy (non-hydrogen) atoms. The average molecular weight is 349 g/mol. The Morgan fingerprint density at radius 3 is 2.62 bits per heavy atom. The first kappa shape index (κ1) is 15.6. The highest BCUT2D eigenvalue weighted by Gasteiger charge is 2.12. The maximum Gasteiger partial charge on any atom is 0.338 e. The van der Waals surface area contributed by atoms with Crippen LogP contribution in [0.5, 0.6) is 5.75 Å². The van der Waals surface area contributed by atoms with Gasteiger partial charge in [-0.15, -0.1) is 0 Å². The molecule has 0 saturated heterocycles. The minimum absolute atomic E-state index is 0.269. The molecule has 4 heteroatoms. The molecule has 0 heterocycles. The fourth-order valence-electron chi connectivity index (χ4n) is 1.87. The van der Waals surface area contributed by atoms with Crippen molar-refractivity contribution < 1.29 is 14.3 Å². The molecule has 0 aliphatic rings. The molecule has 0 bridgehead atoms. The van der Waals surface area contributed by atoms with E-state index in [9.17, 15) is 4.79 Å². The first-order chi connectivity index (χ1) is 10.2. The Bertz CT molecular complexity index is 596. The number of alkyl halides is 1. The number of halogens is 1. The Hall–Kier alpha value is -1.81. The van der Waals surface area contributed by atoms with Gasteiger partial charge in [0.2, 0.25) is 0 Å². The van der Waals surface area contributed by atoms with Gasteiger partial charge in [-0.1, -0.05) is 52.3 Å². The summed E-state index contributed by atoms with van der Waals surface area (Å²) < 4.78 is 10.9. The molecule has 0 saturated carbocycles. The molecule has 0 spiro atoms. The van der Waals surface area contributed by atoms with Gasteiger partial charge in [-0.3, -0.25) is 0 Å². The molecule has 0 unspecified atom stereocenters. The van der Waals surface area contributed by atoms with Gasteiger partial charge in [0.15, 0.2) is 0 Å². The molecule has 2 aromatic rings. The van der Waals surface area contributed by atoms with Crippen LogP contribution in [0.4, 0.5) is 0 Å². The van der Waals surface area contributed by atoms with Gasteiger partial charge in [0.1, 0.15) is 12.4 Å². The van der Waals surface area contributed by atoms with Gasteiger partial charge in [0.05, 0.1) is 12.2 Å². The molecular formula is C17H17BrO3. The van der Waals surface area contributed by atoms with E-state index in [0.29, 0.717) is 17.9 Å². The van der Waals surface area contributed by atoms with Crippen molar-refractivity contribution in [1.29, 1.82) is 0 Å². The lowest BCUT2D eigenvalue weighted by Crippen LogP contribution is -2.08. The van der Waals surface area contributed by atoms with Gasteiger partial charge < -0.3 is 9.47 Å². The molecule has 0 aliphatic heterocycles. The summed E-state index contributed by atoms with van der Waals surface area (Å²) in [4.78, 5) is 12.2. The maximum absolute atomic E-state index is 12.2. The van der Waals surface area contributed by atoms with Crippen molar-refractivity contribution in [2.45, 2.75) is 13.5 Å². The lowest BCUT2D eigenvalue weighted by atomic mass is 10.1. The summed E-state index contributed by atoms with van der Waals surface area (Å²) in [6, 6.07) is 15.1. The van der Waals surface area contributed by atoms with Crippen molar-refractivity contribution in [2.24, 2.45) is 0 Å². The van der Waals surface area contributed by atoms with Crippen LogP contribution in [0.2, 0.25) is 0 Å². The number of carbonyl (C=O) groups excluding carboxylic acids is 1. The summed E-state index contributed by atoms with van der Waals surface area (Å²) in [6.45, 7) is 2.71. The van der Waals surface area contributed by atoms with E-state index in [2.05, 4.69) is 15.9 Å². The fraction of sp³-hybridized carbons (Fsp3) is 0.235. The quantitative estimate of drug-likeness (QED) is 0.581. The molecular weight excluding hydrogens is 332 g/mol. The monoisotopic (exact) mass is 348 g/mol. The smallest absolute Gasteiger partial charge is 0.338 e. The summed E-state index contributed by atoms with van der Waals surface area (Å²) in [6.07, 6.45) is 0. The predicted octanol–water partition coefficient (Wildman–Crippen LogP) is 4.13. The first-order valence-corrected chi connectivity index (χ1v) is 7.83. The van der Waals surface area contributed by atoms with E-state index in [1.54, 1.807) is 6.07 Å². The van der Waals surface area contributed by atoms with Crippen LogP contribution in [0, 0.1) is 6.92 Å². The van der Waals surface area contributed by atoms with Gasteiger partial charge in [0.25, 0.3) is 0 Å². The molecule has 110 valence electrons. The van der Waals surface area contributed by atoms with Crippen molar-refractivity contribution >= 4 is 21.9 Å². The van der Waals surface area contributed by atoms with Crippen molar-refractivity contribution in [3.8, 4) is 5.75 Å². The molecule has 2 rings (SSSR count). The van der Waals surface area contributed by atoms with Gasteiger partial charge in [-0.25, -0.2) is 4.79 Å². The van der Waals surface area contributed by atoms with Crippen LogP contribution in [0.25, 0.3) is 0 Å². The zero-order valence-electron chi connectivity index (χ0n) is 11.8. The number of hydrogen-bond acceptors (Lipinski definition) is 3. The zero-order valence-corrected chi connectivity index (χ0v) is 13.4. The van der Waals surface area contributed by atoms with E-state index in [4.69, 9.17) is 9.47 Å². The SMILES string of the molecule is Cc1ccc(OCCBr)cc1C(=O)OCc1ccccc1. The Labute approximate surface area is 133 Å². The maximum atomic E-state index is 12.2. The third kappa shape index (κ3) is 4.60. The lowest BCUT2D eigenvalue weighted by Gasteiger charge is -2.10. The largest absolute Gasteiger partial charge is 0.493 e. The zero-order chi connectivity index (χ0) is 15.1. The molecule has 0 N–H and O–H groups in total. The molecule has 0 fully saturated rings. The van der Waals surface area contributed by atoms with Crippen LogP contribution >= 0.6 is 15.9 Å². The van der Waals surface area contributed by atoms with E-state index >= 15 is 0 Å². The molecule has 0 aliphatic carbocycles. The van der Waals surface area contributed by atoms with Gasteiger partial charge in [-0.2, -0.15) is 0 Å². The predicted molar refractivity (Wildman–Crippen MR) is 86.0 cm³/mol. The summed E-state index contributed by atoms with van der Waals surface area (Å²) >= 11 is 3.30. The minimum Gasteiger partial charge on any atom is -0.493 e. The van der Waals surface area contributed by atoms with E-state index in [0.717, 1.165) is 16.5 Å². The first-order valence-electron chi connectivity index (χ1n) is 6.71. The highest BCUT2D eigenvalue weighted by atomic mass is 79.9. The van der Waals surface area contributed by atoms with Gasteiger partial charge >= 0.3 is 5.97 Å². The molecule has 2 aromatic carbocycles. The van der Waals surface area contributed by atoms with E-state index in [-0.39, 0.29) is 12.6 Å². The number of benzene rings is 2. The summed E-state index contributed by atoms with van der Waals surface area (Å²) in [5, 5.41) is 0.745. The van der Waals surface area contributed by atoms with Crippen LogP contribution in [0.15, 0.2) is 48.5 Å². The number of esters is 1. The highest BCUT2D eigenvalue weighted by Crippen LogP contribution is 2.19. The van der Waals surface area contributed by atoms with E-state index < -0.39 is 0 Å². The molecule has 0 atom stereocenters. The third-order valence-corrected chi connectivity index (χ3v) is 3.31. The average Bonchev–Trinajstić information content (AvgIpc) is 2.53. The lowest BCUT2D eigenvalue weighted by molar-refractivity contribution is 0.0471. The van der Waals surface area contributed by atoms with Gasteiger partial charge in [-0.05, 0) is 30.2 Å². The van der Waals surface area contributed by atoms with Crippen molar-refractivity contribution in [3.63, 3.8) is 0 Å². The number of hydrogen-bond donors (Lipinski definition) is 0. The summed E-state index contributed by atoms with van der Waals surface area (Å²) in [5.41, 5.74) is 2.38. The Kier molecular flexibility index (Phi) is 5.81. The van der Waals surface area contributed by atoms with Crippen LogP contribution in [0.1, 0.15) is 21.5 Å².